The van der Waals surface area contributed by atoms with Gasteiger partial charge in [-0.15, -0.1) is 0 Å². The summed E-state index contributed by atoms with van der Waals surface area (Å²) in [4.78, 5) is 0. The minimum atomic E-state index is 0.890. The highest BCUT2D eigenvalue weighted by Gasteiger charge is 2.04. The van der Waals surface area contributed by atoms with E-state index in [-0.39, 0.29) is 0 Å². The van der Waals surface area contributed by atoms with Gasteiger partial charge in [-0.05, 0) is 24.6 Å². The average Bonchev–Trinajstić information content (AvgIpc) is 2.55. The van der Waals surface area contributed by atoms with Crippen LogP contribution >= 0.6 is 30.3 Å². The molecule has 0 amide bonds. The van der Waals surface area contributed by atoms with Gasteiger partial charge in [-0.2, -0.15) is 0 Å². The highest BCUT2D eigenvalue weighted by Crippen LogP contribution is 2.29. The Kier molecular flexibility index (Phi) is 2.42. The molecule has 0 fully saturated rings. The summed E-state index contributed by atoms with van der Waals surface area (Å²) >= 11 is 2.26. The predicted octanol–water partition coefficient (Wildman–Crippen LogP) is 3.38. The van der Waals surface area contributed by atoms with Crippen LogP contribution in [-0.2, 0) is 0 Å². The molecule has 0 radical (unpaired) electrons. The van der Waals surface area contributed by atoms with E-state index >= 15 is 0 Å². The van der Waals surface area contributed by atoms with Crippen LogP contribution in [-0.4, -0.2) is 3.97 Å². The summed E-state index contributed by atoms with van der Waals surface area (Å²) in [5, 5.41) is 1.14. The van der Waals surface area contributed by atoms with E-state index in [9.17, 15) is 0 Å². The van der Waals surface area contributed by atoms with Crippen LogP contribution in [0.2, 0.25) is 0 Å². The van der Waals surface area contributed by atoms with Crippen LogP contribution in [0.3, 0.4) is 0 Å². The van der Waals surface area contributed by atoms with Gasteiger partial charge in [-0.25, -0.2) is 0 Å². The molecule has 2 rings (SSSR count). The predicted molar refractivity (Wildman–Crippen MR) is 68.1 cm³/mol. The molecule has 13 heavy (non-hydrogen) atoms. The summed E-state index contributed by atoms with van der Waals surface area (Å²) in [7, 11) is 1.65. The Bertz CT molecular complexity index is 450. The zero-order valence-electron chi connectivity index (χ0n) is 7.12. The van der Waals surface area contributed by atoms with Crippen molar-refractivity contribution in [3.63, 3.8) is 0 Å². The lowest BCUT2D eigenvalue weighted by atomic mass is 10.1. The van der Waals surface area contributed by atoms with E-state index in [1.54, 1.807) is 9.12 Å². The Labute approximate surface area is 93.2 Å². The second kappa shape index (κ2) is 3.42. The zero-order chi connectivity index (χ0) is 9.42. The molecular weight excluding hydrogens is 295 g/mol. The van der Waals surface area contributed by atoms with Crippen molar-refractivity contribution in [2.24, 2.45) is 0 Å². The highest BCUT2D eigenvalue weighted by atomic mass is 127. The minimum absolute atomic E-state index is 0.890. The van der Waals surface area contributed by atoms with Crippen LogP contribution in [0.15, 0.2) is 24.4 Å². The number of halogens is 1. The third-order valence-electron chi connectivity index (χ3n) is 2.17. The van der Waals surface area contributed by atoms with Gasteiger partial charge in [0.05, 0.1) is 5.52 Å². The fraction of sp³-hybridized carbons (Fsp3) is 0.111. The van der Waals surface area contributed by atoms with Crippen LogP contribution < -0.4 is 5.73 Å². The number of hydrogen-bond donors (Lipinski definition) is 1. The lowest BCUT2D eigenvalue weighted by Crippen LogP contribution is -1.90. The Morgan fingerprint density at radius 2 is 2.15 bits per heavy atom. The van der Waals surface area contributed by atoms with Gasteiger partial charge in [-0.3, -0.25) is 3.97 Å². The summed E-state index contributed by atoms with van der Waals surface area (Å²) in [5.74, 6) is 0. The molecule has 68 valence electrons. The molecule has 1 aromatic carbocycles. The van der Waals surface area contributed by atoms with E-state index in [1.165, 1.54) is 5.52 Å². The molecule has 1 heterocycles. The number of nitrogens with two attached hydrogens (primary N) is 1. The van der Waals surface area contributed by atoms with Gasteiger partial charge in [0.25, 0.3) is 0 Å². The average molecular weight is 304 g/mol. The molecule has 0 atom stereocenters. The third kappa shape index (κ3) is 1.42. The van der Waals surface area contributed by atoms with Crippen molar-refractivity contribution in [3.05, 3.63) is 30.0 Å². The molecule has 0 aliphatic rings. The molecule has 0 spiro atoms. The smallest absolute Gasteiger partial charge is 0.0619 e. The summed E-state index contributed by atoms with van der Waals surface area (Å²) in [5.41, 5.74) is 9.18. The van der Waals surface area contributed by atoms with Crippen molar-refractivity contribution < 1.29 is 0 Å². The first-order chi connectivity index (χ1) is 6.24. The van der Waals surface area contributed by atoms with E-state index in [4.69, 9.17) is 5.73 Å². The molecule has 0 saturated carbocycles. The van der Waals surface area contributed by atoms with Crippen molar-refractivity contribution in [1.82, 2.24) is 3.97 Å². The number of fused-ring (bicyclic) bond motifs is 1. The van der Waals surface area contributed by atoms with Crippen molar-refractivity contribution in [1.29, 1.82) is 0 Å². The molecule has 0 saturated heterocycles. The van der Waals surface area contributed by atoms with Gasteiger partial charge in [0.1, 0.15) is 0 Å². The number of benzene rings is 1. The molecule has 2 nitrogen and oxygen atoms in total. The maximum Gasteiger partial charge on any atom is 0.0619 e. The number of nitrogens with zero attached hydrogens (tertiary/aromatic N) is 1. The number of aryl methyl sites for hydroxylation is 1. The highest BCUT2D eigenvalue weighted by molar-refractivity contribution is 14.2. The lowest BCUT2D eigenvalue weighted by molar-refractivity contribution is 1.36. The van der Waals surface area contributed by atoms with Gasteiger partial charge >= 0.3 is 0 Å². The van der Waals surface area contributed by atoms with Crippen LogP contribution in [0.5, 0.6) is 0 Å². The number of aromatic nitrogens is 1. The molecule has 0 aliphatic heterocycles. The number of nitrogen functional groups attached to an aromatic ring is 1. The third-order valence-corrected chi connectivity index (χ3v) is 3.91. The van der Waals surface area contributed by atoms with E-state index in [0.29, 0.717) is 0 Å². The van der Waals surface area contributed by atoms with E-state index < -0.39 is 0 Å². The van der Waals surface area contributed by atoms with Crippen molar-refractivity contribution >= 4 is 46.9 Å². The summed E-state index contributed by atoms with van der Waals surface area (Å²) in [6, 6.07) is 6.22. The van der Waals surface area contributed by atoms with E-state index in [2.05, 4.69) is 43.4 Å². The Morgan fingerprint density at radius 1 is 1.38 bits per heavy atom. The Hall–Kier alpha value is -0.360. The second-order valence-electron chi connectivity index (χ2n) is 2.94. The van der Waals surface area contributed by atoms with Crippen molar-refractivity contribution in [3.8, 4) is 0 Å². The van der Waals surface area contributed by atoms with Crippen LogP contribution in [0.1, 0.15) is 5.56 Å². The largest absolute Gasteiger partial charge is 0.398 e. The fourth-order valence-corrected chi connectivity index (χ4v) is 2.75. The molecular formula is C9H9IN2S. The first-order valence-electron chi connectivity index (χ1n) is 3.89. The maximum absolute atomic E-state index is 5.96. The van der Waals surface area contributed by atoms with Crippen LogP contribution in [0.25, 0.3) is 10.9 Å². The first-order valence-corrected chi connectivity index (χ1v) is 7.21. The molecule has 4 heteroatoms. The first kappa shape index (κ1) is 9.21. The quantitative estimate of drug-likeness (QED) is 0.647. The van der Waals surface area contributed by atoms with Crippen LogP contribution in [0.4, 0.5) is 5.69 Å². The van der Waals surface area contributed by atoms with Crippen molar-refractivity contribution in [2.75, 3.05) is 5.73 Å². The summed E-state index contributed by atoms with van der Waals surface area (Å²) < 4.78 is 2.10. The SMILES string of the molecule is Cc1ccc2c(ccn2SI)c1N. The molecule has 2 aromatic rings. The Morgan fingerprint density at radius 3 is 2.85 bits per heavy atom. The van der Waals surface area contributed by atoms with Gasteiger partial charge in [-0.1, -0.05) is 6.07 Å². The molecule has 0 bridgehead atoms. The fourth-order valence-electron chi connectivity index (χ4n) is 1.38. The topological polar surface area (TPSA) is 30.9 Å². The van der Waals surface area contributed by atoms with E-state index in [1.807, 2.05) is 13.1 Å². The van der Waals surface area contributed by atoms with Gasteiger partial charge in [0, 0.05) is 47.6 Å². The van der Waals surface area contributed by atoms with Gasteiger partial charge < -0.3 is 5.73 Å². The zero-order valence-corrected chi connectivity index (χ0v) is 10.1. The molecule has 0 unspecified atom stereocenters. The van der Waals surface area contributed by atoms with Crippen LogP contribution in [0, 0.1) is 6.92 Å². The lowest BCUT2D eigenvalue weighted by Gasteiger charge is -2.02. The number of rotatable bonds is 1. The standard InChI is InChI=1S/C9H9IN2S/c1-6-2-3-8-7(9(6)11)4-5-12(8)13-10/h2-5H,11H2,1H3. The van der Waals surface area contributed by atoms with Crippen molar-refractivity contribution in [2.45, 2.75) is 6.92 Å². The number of anilines is 1. The minimum Gasteiger partial charge on any atom is -0.398 e. The summed E-state index contributed by atoms with van der Waals surface area (Å²) in [6.07, 6.45) is 2.04. The molecule has 2 N–H and O–H groups in total. The van der Waals surface area contributed by atoms with Gasteiger partial charge in [0.2, 0.25) is 0 Å². The Balaban J connectivity index is 2.81. The monoisotopic (exact) mass is 304 g/mol. The summed E-state index contributed by atoms with van der Waals surface area (Å²) in [6.45, 7) is 2.03. The van der Waals surface area contributed by atoms with Gasteiger partial charge in [0.15, 0.2) is 0 Å². The molecule has 1 aromatic heterocycles. The number of hydrogen-bond acceptors (Lipinski definition) is 2. The second-order valence-corrected chi connectivity index (χ2v) is 4.65. The normalized spacial score (nSPS) is 10.9. The molecule has 0 aliphatic carbocycles. The van der Waals surface area contributed by atoms with E-state index in [0.717, 1.165) is 16.6 Å². The maximum atomic E-state index is 5.96.